The maximum absolute atomic E-state index is 13.5. The number of carbonyl (C=O) groups is 1. The predicted octanol–water partition coefficient (Wildman–Crippen LogP) is 3.31. The van der Waals surface area contributed by atoms with E-state index in [1.807, 2.05) is 18.7 Å². The normalized spacial score (nSPS) is 16.8. The number of carboxylic acid groups (broad SMARTS) is 1. The molecule has 11 nitrogen and oxygen atoms in total. The maximum atomic E-state index is 13.5. The highest BCUT2D eigenvalue weighted by Crippen LogP contribution is 2.34. The summed E-state index contributed by atoms with van der Waals surface area (Å²) in [6, 6.07) is 4.45. The number of hydrogen-bond donors (Lipinski definition) is 1. The Kier molecular flexibility index (Phi) is 7.07. The summed E-state index contributed by atoms with van der Waals surface area (Å²) in [5.74, 6) is -1.63. The van der Waals surface area contributed by atoms with E-state index in [0.29, 0.717) is 30.8 Å². The number of carboxylic acids is 1. The van der Waals surface area contributed by atoms with E-state index in [1.165, 1.54) is 6.07 Å². The van der Waals surface area contributed by atoms with Crippen LogP contribution in [0.4, 0.5) is 24.8 Å². The molecule has 15 heteroatoms. The van der Waals surface area contributed by atoms with Crippen molar-refractivity contribution in [3.8, 4) is 11.5 Å². The van der Waals surface area contributed by atoms with Gasteiger partial charge < -0.3 is 19.4 Å². The Bertz CT molecular complexity index is 1470. The highest BCUT2D eigenvalue weighted by atomic mass is 32.2. The number of piperazine rings is 1. The van der Waals surface area contributed by atoms with Crippen molar-refractivity contribution < 1.29 is 36.0 Å². The van der Waals surface area contributed by atoms with Gasteiger partial charge in [-0.2, -0.15) is 18.2 Å². The monoisotopic (exact) mass is 554 g/mol. The van der Waals surface area contributed by atoms with Crippen molar-refractivity contribution in [2.75, 3.05) is 35.7 Å². The van der Waals surface area contributed by atoms with Crippen molar-refractivity contribution in [2.24, 2.45) is 5.92 Å². The van der Waals surface area contributed by atoms with Crippen LogP contribution in [0.5, 0.6) is 0 Å². The van der Waals surface area contributed by atoms with Gasteiger partial charge in [0.25, 0.3) is 5.89 Å². The molecule has 1 N–H and O–H groups in total. The highest BCUT2D eigenvalue weighted by Gasteiger charge is 2.40. The molecule has 1 aromatic carbocycles. The minimum Gasteiger partial charge on any atom is -0.478 e. The summed E-state index contributed by atoms with van der Waals surface area (Å²) in [5.41, 5.74) is -1.67. The SMILES string of the molecule is Cc1noc(-c2ccc(N3CCN(c4ncc(C(=O)O)c(C(F)(F)F)n4)[C@H](C(C)C)C3)cc2S(C)(=O)=O)n1. The van der Waals surface area contributed by atoms with Gasteiger partial charge >= 0.3 is 12.1 Å². The van der Waals surface area contributed by atoms with Crippen LogP contribution in [0.2, 0.25) is 0 Å². The van der Waals surface area contributed by atoms with E-state index < -0.39 is 33.2 Å². The summed E-state index contributed by atoms with van der Waals surface area (Å²) < 4.78 is 71.0. The quantitative estimate of drug-likeness (QED) is 0.479. The molecular weight excluding hydrogens is 529 g/mol. The summed E-state index contributed by atoms with van der Waals surface area (Å²) in [4.78, 5) is 26.5. The van der Waals surface area contributed by atoms with Crippen molar-refractivity contribution >= 4 is 27.4 Å². The van der Waals surface area contributed by atoms with Crippen LogP contribution in [0.25, 0.3) is 11.5 Å². The number of rotatable bonds is 6. The molecule has 204 valence electrons. The predicted molar refractivity (Wildman–Crippen MR) is 130 cm³/mol. The highest BCUT2D eigenvalue weighted by molar-refractivity contribution is 7.90. The van der Waals surface area contributed by atoms with Gasteiger partial charge in [-0.05, 0) is 31.0 Å². The first-order chi connectivity index (χ1) is 17.7. The second-order valence-corrected chi connectivity index (χ2v) is 11.3. The number of anilines is 2. The maximum Gasteiger partial charge on any atom is 0.434 e. The van der Waals surface area contributed by atoms with Crippen molar-refractivity contribution in [1.29, 1.82) is 0 Å². The van der Waals surface area contributed by atoms with Gasteiger partial charge in [0.05, 0.1) is 16.5 Å². The summed E-state index contributed by atoms with van der Waals surface area (Å²) in [5, 5.41) is 12.9. The van der Waals surface area contributed by atoms with Gasteiger partial charge in [0.1, 0.15) is 5.56 Å². The summed E-state index contributed by atoms with van der Waals surface area (Å²) in [7, 11) is -3.69. The molecule has 0 spiro atoms. The molecular formula is C23H25F3N6O5S. The van der Waals surface area contributed by atoms with Crippen LogP contribution < -0.4 is 9.80 Å². The van der Waals surface area contributed by atoms with Gasteiger partial charge in [-0.3, -0.25) is 0 Å². The van der Waals surface area contributed by atoms with Crippen LogP contribution in [0, 0.1) is 12.8 Å². The van der Waals surface area contributed by atoms with Crippen molar-refractivity contribution in [3.63, 3.8) is 0 Å². The van der Waals surface area contributed by atoms with Gasteiger partial charge in [0, 0.05) is 37.8 Å². The summed E-state index contributed by atoms with van der Waals surface area (Å²) in [6.07, 6.45) is -3.22. The van der Waals surface area contributed by atoms with Crippen molar-refractivity contribution in [1.82, 2.24) is 20.1 Å². The zero-order valence-electron chi connectivity index (χ0n) is 20.9. The lowest BCUT2D eigenvalue weighted by Crippen LogP contribution is -2.56. The molecule has 2 aromatic heterocycles. The summed E-state index contributed by atoms with van der Waals surface area (Å²) in [6.45, 7) is 6.25. The first kappa shape index (κ1) is 27.3. The van der Waals surface area contributed by atoms with E-state index in [1.54, 1.807) is 24.0 Å². The average molecular weight is 555 g/mol. The molecule has 1 atom stereocenters. The Balaban J connectivity index is 1.68. The molecule has 0 radical (unpaired) electrons. The number of halogens is 3. The average Bonchev–Trinajstić information content (AvgIpc) is 3.27. The van der Waals surface area contributed by atoms with Crippen LogP contribution >= 0.6 is 0 Å². The Morgan fingerprint density at radius 2 is 1.92 bits per heavy atom. The fourth-order valence-electron chi connectivity index (χ4n) is 4.34. The number of aryl methyl sites for hydroxylation is 1. The molecule has 1 aliphatic heterocycles. The molecule has 0 unspecified atom stereocenters. The van der Waals surface area contributed by atoms with Gasteiger partial charge in [0.2, 0.25) is 5.95 Å². The molecule has 0 bridgehead atoms. The number of aromatic nitrogens is 4. The third-order valence-corrected chi connectivity index (χ3v) is 7.34. The summed E-state index contributed by atoms with van der Waals surface area (Å²) >= 11 is 0. The van der Waals surface area contributed by atoms with Crippen LogP contribution in [-0.2, 0) is 16.0 Å². The number of sulfone groups is 1. The zero-order chi connectivity index (χ0) is 28.0. The van der Waals surface area contributed by atoms with Crippen LogP contribution in [0.1, 0.15) is 35.7 Å². The van der Waals surface area contributed by atoms with Gasteiger partial charge in [-0.25, -0.2) is 23.2 Å². The fourth-order valence-corrected chi connectivity index (χ4v) is 5.23. The lowest BCUT2D eigenvalue weighted by molar-refractivity contribution is -0.141. The first-order valence-corrected chi connectivity index (χ1v) is 13.4. The van der Waals surface area contributed by atoms with Gasteiger partial charge in [-0.1, -0.05) is 19.0 Å². The van der Waals surface area contributed by atoms with E-state index in [4.69, 9.17) is 9.63 Å². The molecule has 1 aliphatic rings. The van der Waals surface area contributed by atoms with E-state index in [9.17, 15) is 26.4 Å². The number of alkyl halides is 3. The first-order valence-electron chi connectivity index (χ1n) is 11.5. The van der Waals surface area contributed by atoms with Gasteiger partial charge in [0.15, 0.2) is 21.4 Å². The molecule has 0 saturated carbocycles. The van der Waals surface area contributed by atoms with E-state index in [-0.39, 0.29) is 40.8 Å². The zero-order valence-corrected chi connectivity index (χ0v) is 21.7. The lowest BCUT2D eigenvalue weighted by atomic mass is 9.99. The molecule has 4 rings (SSSR count). The van der Waals surface area contributed by atoms with E-state index in [2.05, 4.69) is 20.1 Å². The Morgan fingerprint density at radius 3 is 2.47 bits per heavy atom. The van der Waals surface area contributed by atoms with Crippen LogP contribution in [0.15, 0.2) is 33.8 Å². The van der Waals surface area contributed by atoms with Crippen molar-refractivity contribution in [3.05, 3.63) is 41.5 Å². The minimum atomic E-state index is -4.97. The smallest absolute Gasteiger partial charge is 0.434 e. The molecule has 0 aliphatic carbocycles. The molecule has 1 saturated heterocycles. The van der Waals surface area contributed by atoms with Crippen LogP contribution in [-0.4, -0.2) is 71.5 Å². The van der Waals surface area contributed by atoms with Crippen molar-refractivity contribution in [2.45, 2.75) is 37.9 Å². The fraction of sp³-hybridized carbons (Fsp3) is 0.435. The second-order valence-electron chi connectivity index (χ2n) is 9.29. The minimum absolute atomic E-state index is 0.00425. The Morgan fingerprint density at radius 1 is 1.21 bits per heavy atom. The number of nitrogens with zero attached hydrogens (tertiary/aromatic N) is 6. The second kappa shape index (κ2) is 9.85. The Hall–Kier alpha value is -3.75. The van der Waals surface area contributed by atoms with E-state index in [0.717, 1.165) is 6.26 Å². The molecule has 38 heavy (non-hydrogen) atoms. The Labute approximate surface area is 216 Å². The van der Waals surface area contributed by atoms with Gasteiger partial charge in [-0.15, -0.1) is 0 Å². The molecule has 1 fully saturated rings. The van der Waals surface area contributed by atoms with Crippen LogP contribution in [0.3, 0.4) is 0 Å². The number of benzene rings is 1. The number of aromatic carboxylic acids is 1. The molecule has 3 heterocycles. The third kappa shape index (κ3) is 5.42. The molecule has 0 amide bonds. The lowest BCUT2D eigenvalue weighted by Gasteiger charge is -2.44. The largest absolute Gasteiger partial charge is 0.478 e. The van der Waals surface area contributed by atoms with E-state index >= 15 is 0 Å². The third-order valence-electron chi connectivity index (χ3n) is 6.21. The number of hydrogen-bond acceptors (Lipinski definition) is 10. The standard InChI is InChI=1S/C23H25F3N6O5S/c1-12(2)17-11-31(7-8-32(17)22-27-10-16(21(33)34)19(29-22)23(24,25)26)14-5-6-15(18(9-14)38(4,35)36)20-28-13(3)30-37-20/h5-6,9-10,12,17H,7-8,11H2,1-4H3,(H,33,34)/t17-/m0/s1. The molecule has 3 aromatic rings. The topological polar surface area (TPSA) is 143 Å².